The van der Waals surface area contributed by atoms with Crippen LogP contribution in [0.2, 0.25) is 0 Å². The monoisotopic (exact) mass is 287 g/mol. The summed E-state index contributed by atoms with van der Waals surface area (Å²) in [7, 11) is 0. The summed E-state index contributed by atoms with van der Waals surface area (Å²) in [6.07, 6.45) is 6.15. The molecule has 3 rings (SSSR count). The Bertz CT molecular complexity index is 470. The zero-order valence-electron chi connectivity index (χ0n) is 13.6. The molecule has 116 valence electrons. The Hall–Kier alpha value is -1.02. The van der Waals surface area contributed by atoms with Crippen LogP contribution in [0.3, 0.4) is 0 Å². The van der Waals surface area contributed by atoms with E-state index in [1.54, 1.807) is 0 Å². The Kier molecular flexibility index (Phi) is 4.54. The molecule has 0 amide bonds. The lowest BCUT2D eigenvalue weighted by molar-refractivity contribution is 0.241. The quantitative estimate of drug-likeness (QED) is 0.838. The third-order valence-electron chi connectivity index (χ3n) is 5.33. The molecule has 2 fully saturated rings. The highest BCUT2D eigenvalue weighted by Gasteiger charge is 2.41. The number of ether oxygens (including phenoxy) is 1. The molecule has 0 saturated heterocycles. The van der Waals surface area contributed by atoms with Crippen LogP contribution < -0.4 is 10.1 Å². The molecule has 0 aliphatic heterocycles. The Balaban J connectivity index is 1.52. The van der Waals surface area contributed by atoms with Gasteiger partial charge >= 0.3 is 0 Å². The average Bonchev–Trinajstić information content (AvgIpc) is 3.07. The van der Waals surface area contributed by atoms with Crippen molar-refractivity contribution in [1.82, 2.24) is 5.32 Å². The lowest BCUT2D eigenvalue weighted by Crippen LogP contribution is -2.35. The van der Waals surface area contributed by atoms with Crippen LogP contribution >= 0.6 is 0 Å². The average molecular weight is 287 g/mol. The fourth-order valence-electron chi connectivity index (χ4n) is 4.34. The molecule has 0 spiro atoms. The number of nitrogens with one attached hydrogen (secondary N) is 1. The number of fused-ring (bicyclic) bond motifs is 2. The van der Waals surface area contributed by atoms with Gasteiger partial charge in [-0.25, -0.2) is 0 Å². The van der Waals surface area contributed by atoms with Gasteiger partial charge in [0.1, 0.15) is 5.75 Å². The first-order valence-electron chi connectivity index (χ1n) is 8.61. The maximum absolute atomic E-state index is 5.77. The van der Waals surface area contributed by atoms with Crippen molar-refractivity contribution >= 4 is 0 Å². The minimum Gasteiger partial charge on any atom is -0.491 e. The Labute approximate surface area is 129 Å². The molecule has 1 aromatic rings. The highest BCUT2D eigenvalue weighted by molar-refractivity contribution is 5.28. The van der Waals surface area contributed by atoms with Crippen LogP contribution in [0.15, 0.2) is 24.3 Å². The van der Waals surface area contributed by atoms with Gasteiger partial charge in [-0.05, 0) is 75.5 Å². The molecule has 2 aliphatic rings. The van der Waals surface area contributed by atoms with Gasteiger partial charge in [-0.3, -0.25) is 0 Å². The van der Waals surface area contributed by atoms with Crippen molar-refractivity contribution in [3.63, 3.8) is 0 Å². The van der Waals surface area contributed by atoms with Crippen LogP contribution in [0.4, 0.5) is 0 Å². The second-order valence-corrected chi connectivity index (χ2v) is 7.32. The van der Waals surface area contributed by atoms with E-state index in [0.717, 1.165) is 30.0 Å². The first kappa shape index (κ1) is 14.9. The summed E-state index contributed by atoms with van der Waals surface area (Å²) < 4.78 is 5.77. The van der Waals surface area contributed by atoms with Crippen molar-refractivity contribution in [2.45, 2.75) is 65.1 Å². The standard InChI is InChI=1S/C19H29NO/c1-13(2)21-18-6-4-5-16(10-18)12-20-14(3)19-11-15-7-8-17(19)9-15/h4-6,10,13-15,17,19-20H,7-9,11-12H2,1-3H3. The predicted molar refractivity (Wildman–Crippen MR) is 87.4 cm³/mol. The van der Waals surface area contributed by atoms with Gasteiger partial charge in [0.2, 0.25) is 0 Å². The Morgan fingerprint density at radius 3 is 2.71 bits per heavy atom. The Morgan fingerprint density at radius 2 is 2.05 bits per heavy atom. The van der Waals surface area contributed by atoms with Crippen molar-refractivity contribution in [2.24, 2.45) is 17.8 Å². The van der Waals surface area contributed by atoms with E-state index in [-0.39, 0.29) is 6.10 Å². The molecular formula is C19H29NO. The molecule has 4 unspecified atom stereocenters. The zero-order chi connectivity index (χ0) is 14.8. The molecule has 2 aliphatic carbocycles. The van der Waals surface area contributed by atoms with E-state index < -0.39 is 0 Å². The molecule has 0 heterocycles. The van der Waals surface area contributed by atoms with Gasteiger partial charge in [0.15, 0.2) is 0 Å². The van der Waals surface area contributed by atoms with Crippen molar-refractivity contribution in [1.29, 1.82) is 0 Å². The van der Waals surface area contributed by atoms with Crippen LogP contribution in [-0.4, -0.2) is 12.1 Å². The summed E-state index contributed by atoms with van der Waals surface area (Å²) in [6.45, 7) is 7.47. The molecule has 2 nitrogen and oxygen atoms in total. The van der Waals surface area contributed by atoms with E-state index in [1.165, 1.54) is 31.2 Å². The molecular weight excluding hydrogens is 258 g/mol. The molecule has 2 heteroatoms. The molecule has 0 aromatic heterocycles. The second-order valence-electron chi connectivity index (χ2n) is 7.32. The van der Waals surface area contributed by atoms with Crippen molar-refractivity contribution in [3.8, 4) is 5.75 Å². The van der Waals surface area contributed by atoms with Crippen LogP contribution in [0, 0.1) is 17.8 Å². The largest absolute Gasteiger partial charge is 0.491 e. The topological polar surface area (TPSA) is 21.3 Å². The first-order chi connectivity index (χ1) is 10.1. The summed E-state index contributed by atoms with van der Waals surface area (Å²) in [5.41, 5.74) is 1.32. The van der Waals surface area contributed by atoms with Crippen LogP contribution in [0.1, 0.15) is 52.0 Å². The highest BCUT2D eigenvalue weighted by Crippen LogP contribution is 2.49. The normalized spacial score (nSPS) is 29.0. The number of benzene rings is 1. The van der Waals surface area contributed by atoms with Gasteiger partial charge < -0.3 is 10.1 Å². The van der Waals surface area contributed by atoms with E-state index >= 15 is 0 Å². The van der Waals surface area contributed by atoms with E-state index in [2.05, 4.69) is 44.3 Å². The smallest absolute Gasteiger partial charge is 0.120 e. The van der Waals surface area contributed by atoms with Crippen molar-refractivity contribution in [3.05, 3.63) is 29.8 Å². The molecule has 0 radical (unpaired) electrons. The summed E-state index contributed by atoms with van der Waals surface area (Å²) in [4.78, 5) is 0. The van der Waals surface area contributed by atoms with Gasteiger partial charge in [0, 0.05) is 12.6 Å². The number of rotatable bonds is 6. The Morgan fingerprint density at radius 1 is 1.19 bits per heavy atom. The van der Waals surface area contributed by atoms with E-state index in [9.17, 15) is 0 Å². The fourth-order valence-corrected chi connectivity index (χ4v) is 4.34. The molecule has 2 bridgehead atoms. The van der Waals surface area contributed by atoms with E-state index in [0.29, 0.717) is 6.04 Å². The lowest BCUT2D eigenvalue weighted by Gasteiger charge is -2.28. The molecule has 4 atom stereocenters. The van der Waals surface area contributed by atoms with Gasteiger partial charge in [-0.15, -0.1) is 0 Å². The molecule has 1 N–H and O–H groups in total. The maximum atomic E-state index is 5.77. The van der Waals surface area contributed by atoms with E-state index in [4.69, 9.17) is 4.74 Å². The number of hydrogen-bond donors (Lipinski definition) is 1. The third-order valence-corrected chi connectivity index (χ3v) is 5.33. The van der Waals surface area contributed by atoms with Crippen LogP contribution in [0.25, 0.3) is 0 Å². The zero-order valence-corrected chi connectivity index (χ0v) is 13.6. The predicted octanol–water partition coefficient (Wildman–Crippen LogP) is 4.39. The van der Waals surface area contributed by atoms with Crippen LogP contribution in [-0.2, 0) is 6.54 Å². The molecule has 21 heavy (non-hydrogen) atoms. The fraction of sp³-hybridized carbons (Fsp3) is 0.684. The SMILES string of the molecule is CC(C)Oc1cccc(CNC(C)C2CC3CCC2C3)c1. The van der Waals surface area contributed by atoms with Crippen molar-refractivity contribution < 1.29 is 4.74 Å². The summed E-state index contributed by atoms with van der Waals surface area (Å²) >= 11 is 0. The lowest BCUT2D eigenvalue weighted by atomic mass is 9.84. The maximum Gasteiger partial charge on any atom is 0.120 e. The summed E-state index contributed by atoms with van der Waals surface area (Å²) in [6, 6.07) is 9.13. The second kappa shape index (κ2) is 6.39. The molecule has 1 aromatic carbocycles. The van der Waals surface area contributed by atoms with Gasteiger partial charge in [-0.2, -0.15) is 0 Å². The molecule has 2 saturated carbocycles. The van der Waals surface area contributed by atoms with Gasteiger partial charge in [0.25, 0.3) is 0 Å². The minimum absolute atomic E-state index is 0.237. The van der Waals surface area contributed by atoms with Gasteiger partial charge in [0.05, 0.1) is 6.10 Å². The summed E-state index contributed by atoms with van der Waals surface area (Å²) in [5.74, 6) is 3.91. The first-order valence-corrected chi connectivity index (χ1v) is 8.61. The minimum atomic E-state index is 0.237. The summed E-state index contributed by atoms with van der Waals surface area (Å²) in [5, 5.41) is 3.75. The highest BCUT2D eigenvalue weighted by atomic mass is 16.5. The van der Waals surface area contributed by atoms with Crippen molar-refractivity contribution in [2.75, 3.05) is 0 Å². The van der Waals surface area contributed by atoms with E-state index in [1.807, 2.05) is 6.07 Å². The van der Waals surface area contributed by atoms with Gasteiger partial charge in [-0.1, -0.05) is 18.6 Å². The third kappa shape index (κ3) is 3.60. The van der Waals surface area contributed by atoms with Crippen LogP contribution in [0.5, 0.6) is 5.75 Å². The number of hydrogen-bond acceptors (Lipinski definition) is 2.